The minimum Gasteiger partial charge on any atom is -0.406 e. The number of pyridine rings is 1. The van der Waals surface area contributed by atoms with Crippen molar-refractivity contribution < 1.29 is 44.7 Å². The van der Waals surface area contributed by atoms with Gasteiger partial charge in [0, 0.05) is 29.9 Å². The highest BCUT2D eigenvalue weighted by Gasteiger charge is 2.44. The molecule has 2 atom stereocenters. The third-order valence-corrected chi connectivity index (χ3v) is 6.74. The van der Waals surface area contributed by atoms with Gasteiger partial charge in [-0.2, -0.15) is 13.2 Å². The second kappa shape index (κ2) is 10.6. The molecule has 0 unspecified atom stereocenters. The van der Waals surface area contributed by atoms with Crippen molar-refractivity contribution in [2.75, 3.05) is 4.90 Å². The number of nitrogens with zero attached hydrogens (tertiary/aromatic N) is 2. The van der Waals surface area contributed by atoms with Gasteiger partial charge in [-0.15, -0.1) is 13.2 Å². The standard InChI is InChI=1S/C28H25F8N3O2/c1-25(2,18-7-12-23(37-15-18)27(31,32)33)38-21-14-22(16-5-4-6-17(13-16)26(3,29)30)39(24(21)40)19-8-10-20(11-9-19)41-28(34,35)36/h4-13,15,21-22,38H,14H2,1-3H3/t21-,22-/m1/s1. The molecule has 0 saturated carbocycles. The van der Waals surface area contributed by atoms with Crippen LogP contribution in [0.2, 0.25) is 0 Å². The van der Waals surface area contributed by atoms with Crippen molar-refractivity contribution in [2.24, 2.45) is 0 Å². The number of hydrogen-bond acceptors (Lipinski definition) is 4. The molecule has 13 heteroatoms. The normalized spacial score (nSPS) is 18.6. The number of alkyl halides is 8. The maximum absolute atomic E-state index is 14.1. The van der Waals surface area contributed by atoms with E-state index in [0.29, 0.717) is 11.1 Å². The first kappa shape index (κ1) is 30.2. The fraction of sp³-hybridized carbons (Fsp3) is 0.357. The number of carbonyl (C=O) groups excluding carboxylic acids is 1. The number of anilines is 1. The smallest absolute Gasteiger partial charge is 0.406 e. The number of amides is 1. The SMILES string of the molecule is CC(F)(F)c1cccc([C@H]2C[C@@H](NC(C)(C)c3ccc(C(F)(F)F)nc3)C(=O)N2c2ccc(OC(F)(F)F)cc2)c1. The first-order chi connectivity index (χ1) is 18.8. The van der Waals surface area contributed by atoms with E-state index in [1.165, 1.54) is 41.3 Å². The predicted molar refractivity (Wildman–Crippen MR) is 133 cm³/mol. The zero-order valence-corrected chi connectivity index (χ0v) is 21.9. The molecule has 1 saturated heterocycles. The van der Waals surface area contributed by atoms with Crippen LogP contribution in [0.3, 0.4) is 0 Å². The van der Waals surface area contributed by atoms with Crippen LogP contribution in [0.25, 0.3) is 0 Å². The van der Waals surface area contributed by atoms with Gasteiger partial charge < -0.3 is 9.64 Å². The van der Waals surface area contributed by atoms with Gasteiger partial charge >= 0.3 is 12.5 Å². The van der Waals surface area contributed by atoms with E-state index in [1.807, 2.05) is 0 Å². The fourth-order valence-electron chi connectivity index (χ4n) is 4.74. The molecule has 1 fully saturated rings. The molecule has 41 heavy (non-hydrogen) atoms. The van der Waals surface area contributed by atoms with Crippen LogP contribution in [-0.4, -0.2) is 23.3 Å². The van der Waals surface area contributed by atoms with Crippen molar-refractivity contribution >= 4 is 11.6 Å². The van der Waals surface area contributed by atoms with Crippen molar-refractivity contribution in [3.05, 3.63) is 89.2 Å². The van der Waals surface area contributed by atoms with Gasteiger partial charge in [0.2, 0.25) is 5.91 Å². The summed E-state index contributed by atoms with van der Waals surface area (Å²) in [6.07, 6.45) is -8.44. The summed E-state index contributed by atoms with van der Waals surface area (Å²) in [6, 6.07) is 10.4. The Bertz CT molecular complexity index is 1380. The van der Waals surface area contributed by atoms with E-state index in [1.54, 1.807) is 19.9 Å². The lowest BCUT2D eigenvalue weighted by Gasteiger charge is -2.30. The maximum Gasteiger partial charge on any atom is 0.573 e. The number of benzene rings is 2. The highest BCUT2D eigenvalue weighted by atomic mass is 19.4. The summed E-state index contributed by atoms with van der Waals surface area (Å²) in [7, 11) is 0. The van der Waals surface area contributed by atoms with Crippen LogP contribution in [0.1, 0.15) is 55.6 Å². The van der Waals surface area contributed by atoms with E-state index >= 15 is 0 Å². The second-order valence-corrected chi connectivity index (χ2v) is 10.3. The van der Waals surface area contributed by atoms with E-state index in [-0.39, 0.29) is 17.7 Å². The molecular formula is C28H25F8N3O2. The first-order valence-electron chi connectivity index (χ1n) is 12.3. The quantitative estimate of drug-likeness (QED) is 0.291. The summed E-state index contributed by atoms with van der Waals surface area (Å²) in [4.78, 5) is 18.5. The molecule has 0 radical (unpaired) electrons. The molecule has 0 spiro atoms. The van der Waals surface area contributed by atoms with Crippen LogP contribution in [-0.2, 0) is 22.4 Å². The molecule has 1 N–H and O–H groups in total. The fourth-order valence-corrected chi connectivity index (χ4v) is 4.74. The van der Waals surface area contributed by atoms with E-state index in [4.69, 9.17) is 0 Å². The molecule has 220 valence electrons. The van der Waals surface area contributed by atoms with Gasteiger partial charge in [-0.1, -0.05) is 24.3 Å². The number of carbonyl (C=O) groups is 1. The van der Waals surface area contributed by atoms with Crippen LogP contribution in [0.15, 0.2) is 66.9 Å². The molecule has 1 amide bonds. The molecule has 4 rings (SSSR count). The van der Waals surface area contributed by atoms with Gasteiger partial charge in [0.05, 0.1) is 12.1 Å². The van der Waals surface area contributed by atoms with Crippen molar-refractivity contribution in [2.45, 2.75) is 63.3 Å². The van der Waals surface area contributed by atoms with Crippen LogP contribution < -0.4 is 15.0 Å². The maximum atomic E-state index is 14.1. The second-order valence-electron chi connectivity index (χ2n) is 10.3. The Morgan fingerprint density at radius 1 is 0.878 bits per heavy atom. The van der Waals surface area contributed by atoms with Crippen molar-refractivity contribution in [3.8, 4) is 5.75 Å². The summed E-state index contributed by atoms with van der Waals surface area (Å²) >= 11 is 0. The number of ether oxygens (including phenoxy) is 1. The van der Waals surface area contributed by atoms with Gasteiger partial charge in [-0.3, -0.25) is 15.1 Å². The Morgan fingerprint density at radius 2 is 1.54 bits per heavy atom. The van der Waals surface area contributed by atoms with Crippen LogP contribution in [0.5, 0.6) is 5.75 Å². The minimum atomic E-state index is -4.92. The Hall–Kier alpha value is -3.74. The van der Waals surface area contributed by atoms with E-state index in [0.717, 1.165) is 31.3 Å². The molecule has 2 aromatic carbocycles. The molecule has 5 nitrogen and oxygen atoms in total. The lowest BCUT2D eigenvalue weighted by atomic mass is 9.93. The molecule has 1 aliphatic heterocycles. The van der Waals surface area contributed by atoms with Crippen LogP contribution in [0.4, 0.5) is 40.8 Å². The van der Waals surface area contributed by atoms with Gasteiger partial charge in [0.15, 0.2) is 0 Å². The van der Waals surface area contributed by atoms with Crippen molar-refractivity contribution in [1.82, 2.24) is 10.3 Å². The van der Waals surface area contributed by atoms with Gasteiger partial charge in [-0.05, 0) is 67.8 Å². The molecule has 0 bridgehead atoms. The number of aromatic nitrogens is 1. The molecule has 2 heterocycles. The third-order valence-electron chi connectivity index (χ3n) is 6.74. The van der Waals surface area contributed by atoms with Crippen LogP contribution >= 0.6 is 0 Å². The lowest BCUT2D eigenvalue weighted by Crippen LogP contribution is -2.47. The lowest BCUT2D eigenvalue weighted by molar-refractivity contribution is -0.274. The summed E-state index contributed by atoms with van der Waals surface area (Å²) in [5.74, 6) is -4.20. The zero-order valence-electron chi connectivity index (χ0n) is 21.9. The Labute approximate surface area is 230 Å². The van der Waals surface area contributed by atoms with Crippen LogP contribution in [0, 0.1) is 0 Å². The number of hydrogen-bond donors (Lipinski definition) is 1. The minimum absolute atomic E-state index is 0.0653. The average molecular weight is 588 g/mol. The molecule has 1 aromatic heterocycles. The van der Waals surface area contributed by atoms with Crippen molar-refractivity contribution in [3.63, 3.8) is 0 Å². The Balaban J connectivity index is 1.68. The van der Waals surface area contributed by atoms with E-state index < -0.39 is 53.4 Å². The summed E-state index contributed by atoms with van der Waals surface area (Å²) < 4.78 is 109. The highest BCUT2D eigenvalue weighted by molar-refractivity contribution is 6.00. The molecule has 1 aliphatic rings. The third kappa shape index (κ3) is 6.95. The highest BCUT2D eigenvalue weighted by Crippen LogP contribution is 2.41. The Kier molecular flexibility index (Phi) is 7.80. The number of rotatable bonds is 7. The Morgan fingerprint density at radius 3 is 2.07 bits per heavy atom. The predicted octanol–water partition coefficient (Wildman–Crippen LogP) is 7.48. The van der Waals surface area contributed by atoms with Gasteiger partial charge in [-0.25, -0.2) is 8.78 Å². The van der Waals surface area contributed by atoms with E-state index in [9.17, 15) is 39.9 Å². The summed E-state index contributed by atoms with van der Waals surface area (Å²) in [5.41, 5.74) is -1.50. The zero-order chi connectivity index (χ0) is 30.4. The largest absolute Gasteiger partial charge is 0.573 e. The summed E-state index contributed by atoms with van der Waals surface area (Å²) in [5, 5.41) is 3.13. The van der Waals surface area contributed by atoms with Crippen molar-refractivity contribution in [1.29, 1.82) is 0 Å². The first-order valence-corrected chi connectivity index (χ1v) is 12.3. The molecule has 0 aliphatic carbocycles. The average Bonchev–Trinajstić information content (AvgIpc) is 3.18. The van der Waals surface area contributed by atoms with Gasteiger partial charge in [0.1, 0.15) is 11.4 Å². The molecule has 3 aromatic rings. The number of nitrogens with one attached hydrogen (secondary N) is 1. The molecular weight excluding hydrogens is 562 g/mol. The van der Waals surface area contributed by atoms with E-state index in [2.05, 4.69) is 15.0 Å². The number of halogens is 8. The summed E-state index contributed by atoms with van der Waals surface area (Å²) in [6.45, 7) is 4.02. The monoisotopic (exact) mass is 587 g/mol. The topological polar surface area (TPSA) is 54.5 Å². The van der Waals surface area contributed by atoms with Gasteiger partial charge in [0.25, 0.3) is 5.92 Å².